The van der Waals surface area contributed by atoms with Crippen molar-refractivity contribution in [3.63, 3.8) is 0 Å². The summed E-state index contributed by atoms with van der Waals surface area (Å²) in [5, 5.41) is 12.8. The lowest BCUT2D eigenvalue weighted by Gasteiger charge is -2.21. The van der Waals surface area contributed by atoms with Crippen LogP contribution in [0.4, 0.5) is 10.1 Å². The zero-order valence-electron chi connectivity index (χ0n) is 19.4. The average Bonchev–Trinajstić information content (AvgIpc) is 3.23. The Bertz CT molecular complexity index is 1240. The molecule has 0 bridgehead atoms. The summed E-state index contributed by atoms with van der Waals surface area (Å²) >= 11 is 7.58. The van der Waals surface area contributed by atoms with Gasteiger partial charge in [-0.05, 0) is 45.9 Å². The lowest BCUT2D eigenvalue weighted by atomic mass is 10.2. The maximum absolute atomic E-state index is 14.7. The molecule has 35 heavy (non-hydrogen) atoms. The first kappa shape index (κ1) is 27.4. The van der Waals surface area contributed by atoms with Crippen LogP contribution in [0.3, 0.4) is 0 Å². The smallest absolute Gasteiger partial charge is 0.469 e. The summed E-state index contributed by atoms with van der Waals surface area (Å²) in [5.41, 5.74) is 8.52. The molecule has 2 aromatic heterocycles. The highest BCUT2D eigenvalue weighted by Gasteiger charge is 2.25. The van der Waals surface area contributed by atoms with Crippen LogP contribution in [-0.4, -0.2) is 49.8 Å². The Hall–Kier alpha value is -2.18. The van der Waals surface area contributed by atoms with Gasteiger partial charge in [-0.3, -0.25) is 4.52 Å². The molecule has 14 heteroatoms. The molecule has 0 radical (unpaired) electrons. The third kappa shape index (κ3) is 7.40. The maximum Gasteiger partial charge on any atom is 0.469 e. The van der Waals surface area contributed by atoms with Crippen LogP contribution in [0.5, 0.6) is 5.75 Å². The highest BCUT2D eigenvalue weighted by molar-refractivity contribution is 7.46. The number of hydrogen-bond acceptors (Lipinski definition) is 9. The summed E-state index contributed by atoms with van der Waals surface area (Å²) in [7, 11) is -4.71. The van der Waals surface area contributed by atoms with Crippen LogP contribution in [0.2, 0.25) is 5.02 Å². The molecular formula is C21H26ClFN5O5PS. The van der Waals surface area contributed by atoms with Crippen molar-refractivity contribution in [2.45, 2.75) is 45.9 Å². The minimum Gasteiger partial charge on any atom is -0.489 e. The number of aromatic nitrogens is 3. The zero-order chi connectivity index (χ0) is 25.9. The van der Waals surface area contributed by atoms with Gasteiger partial charge in [-0.2, -0.15) is 0 Å². The van der Waals surface area contributed by atoms with Gasteiger partial charge in [0, 0.05) is 17.7 Å². The molecule has 3 rings (SSSR count). The average molecular weight is 546 g/mol. The number of halogens is 2. The van der Waals surface area contributed by atoms with E-state index in [9.17, 15) is 8.96 Å². The van der Waals surface area contributed by atoms with E-state index in [-0.39, 0.29) is 23.4 Å². The lowest BCUT2D eigenvalue weighted by Crippen LogP contribution is -2.39. The minimum atomic E-state index is -4.71. The Kier molecular flexibility index (Phi) is 8.81. The fourth-order valence-electron chi connectivity index (χ4n) is 3.00. The van der Waals surface area contributed by atoms with E-state index in [0.29, 0.717) is 21.3 Å². The molecule has 190 valence electrons. The molecular weight excluding hydrogens is 520 g/mol. The van der Waals surface area contributed by atoms with Crippen LogP contribution < -0.4 is 15.8 Å². The summed E-state index contributed by atoms with van der Waals surface area (Å²) < 4.78 is 35.5. The third-order valence-corrected chi connectivity index (χ3v) is 6.66. The first-order chi connectivity index (χ1) is 16.3. The number of nitrogens with two attached hydrogens (primary N) is 1. The fourth-order valence-corrected chi connectivity index (χ4v) is 4.73. The standard InChI is InChI=1S/C21H26ClFN5O5PS/c1-10(2)25-17-5-6-18(26-11(17)3)21-28-27-20(35-21)13-7-15(23)19(8-14(13)22)32-9-16(24)12(4)33-34(29,30)31/h5-8,10,12,16,25H,9,24H2,1-4H3,(H2,29,30,31)/t12-,16+/m1/s1. The fraction of sp³-hybridized carbons (Fsp3) is 0.381. The number of phosphoric acid groups is 1. The van der Waals surface area contributed by atoms with Crippen LogP contribution in [0.15, 0.2) is 24.3 Å². The van der Waals surface area contributed by atoms with Gasteiger partial charge in [0.25, 0.3) is 0 Å². The molecule has 0 aliphatic heterocycles. The molecule has 5 N–H and O–H groups in total. The van der Waals surface area contributed by atoms with E-state index in [4.69, 9.17) is 31.9 Å². The van der Waals surface area contributed by atoms with Crippen molar-refractivity contribution in [2.75, 3.05) is 11.9 Å². The second-order valence-electron chi connectivity index (χ2n) is 8.08. The van der Waals surface area contributed by atoms with Gasteiger partial charge in [0.2, 0.25) is 0 Å². The molecule has 2 heterocycles. The zero-order valence-corrected chi connectivity index (χ0v) is 21.9. The van der Waals surface area contributed by atoms with Gasteiger partial charge in [-0.25, -0.2) is 13.9 Å². The van der Waals surface area contributed by atoms with Gasteiger partial charge >= 0.3 is 7.82 Å². The topological polar surface area (TPSA) is 153 Å². The van der Waals surface area contributed by atoms with Crippen molar-refractivity contribution < 1.29 is 28.0 Å². The first-order valence-corrected chi connectivity index (χ1v) is 13.3. The number of aryl methyl sites for hydroxylation is 1. The van der Waals surface area contributed by atoms with Crippen molar-refractivity contribution in [1.29, 1.82) is 0 Å². The van der Waals surface area contributed by atoms with Crippen molar-refractivity contribution in [3.05, 3.63) is 40.8 Å². The molecule has 0 aliphatic rings. The Morgan fingerprint density at radius 1 is 1.23 bits per heavy atom. The number of ether oxygens (including phenoxy) is 1. The number of nitrogens with zero attached hydrogens (tertiary/aromatic N) is 3. The van der Waals surface area contributed by atoms with Crippen LogP contribution in [-0.2, 0) is 9.09 Å². The predicted octanol–water partition coefficient (Wildman–Crippen LogP) is 4.39. The molecule has 3 aromatic rings. The quantitative estimate of drug-likeness (QED) is 0.270. The number of rotatable bonds is 10. The van der Waals surface area contributed by atoms with Crippen molar-refractivity contribution in [1.82, 2.24) is 15.2 Å². The third-order valence-electron chi connectivity index (χ3n) is 4.76. The Morgan fingerprint density at radius 2 is 1.91 bits per heavy atom. The number of pyridine rings is 1. The number of phosphoric ester groups is 1. The first-order valence-electron chi connectivity index (χ1n) is 10.5. The Labute approximate surface area is 210 Å². The van der Waals surface area contributed by atoms with Gasteiger partial charge in [-0.1, -0.05) is 22.9 Å². The molecule has 0 amide bonds. The monoisotopic (exact) mass is 545 g/mol. The molecule has 0 spiro atoms. The van der Waals surface area contributed by atoms with Crippen LogP contribution in [0.25, 0.3) is 21.3 Å². The maximum atomic E-state index is 14.7. The van der Waals surface area contributed by atoms with E-state index in [1.54, 1.807) is 0 Å². The van der Waals surface area contributed by atoms with E-state index >= 15 is 0 Å². The molecule has 0 aliphatic carbocycles. The van der Waals surface area contributed by atoms with Gasteiger partial charge in [-0.15, -0.1) is 10.2 Å². The van der Waals surface area contributed by atoms with Crippen molar-refractivity contribution in [3.8, 4) is 27.0 Å². The SMILES string of the molecule is Cc1nc(-c2nnc(-c3cc(F)c(OC[C@H](N)[C@@H](C)OP(=O)(O)O)cc3Cl)s2)ccc1NC(C)C. The van der Waals surface area contributed by atoms with Gasteiger partial charge in [0.1, 0.15) is 17.3 Å². The number of hydrogen-bond donors (Lipinski definition) is 4. The van der Waals surface area contributed by atoms with E-state index in [0.717, 1.165) is 11.4 Å². The largest absolute Gasteiger partial charge is 0.489 e. The van der Waals surface area contributed by atoms with E-state index in [1.165, 1.54) is 30.4 Å². The van der Waals surface area contributed by atoms with E-state index in [2.05, 4.69) is 25.0 Å². The van der Waals surface area contributed by atoms with Gasteiger partial charge in [0.15, 0.2) is 16.6 Å². The normalized spacial score (nSPS) is 13.7. The molecule has 0 saturated heterocycles. The van der Waals surface area contributed by atoms with E-state index < -0.39 is 25.8 Å². The minimum absolute atomic E-state index is 0.173. The number of benzene rings is 1. The number of anilines is 1. The molecule has 0 fully saturated rings. The number of nitrogens with one attached hydrogen (secondary N) is 1. The summed E-state index contributed by atoms with van der Waals surface area (Å²) in [6.07, 6.45) is -1.03. The predicted molar refractivity (Wildman–Crippen MR) is 133 cm³/mol. The molecule has 2 atom stereocenters. The highest BCUT2D eigenvalue weighted by atomic mass is 35.5. The summed E-state index contributed by atoms with van der Waals surface area (Å²) in [6, 6.07) is 5.56. The van der Waals surface area contributed by atoms with Gasteiger partial charge in [0.05, 0.1) is 28.5 Å². The van der Waals surface area contributed by atoms with Crippen LogP contribution in [0.1, 0.15) is 26.5 Å². The Morgan fingerprint density at radius 3 is 2.54 bits per heavy atom. The van der Waals surface area contributed by atoms with Gasteiger partial charge < -0.3 is 25.6 Å². The summed E-state index contributed by atoms with van der Waals surface area (Å²) in [4.78, 5) is 22.3. The van der Waals surface area contributed by atoms with Crippen molar-refractivity contribution in [2.24, 2.45) is 5.73 Å². The molecule has 0 saturated carbocycles. The summed E-state index contributed by atoms with van der Waals surface area (Å²) in [5.74, 6) is -0.886. The van der Waals surface area contributed by atoms with E-state index in [1.807, 2.05) is 32.9 Å². The highest BCUT2D eigenvalue weighted by Crippen LogP contribution is 2.39. The molecule has 1 aromatic carbocycles. The van der Waals surface area contributed by atoms with Crippen LogP contribution >= 0.6 is 30.8 Å². The molecule has 10 nitrogen and oxygen atoms in total. The van der Waals surface area contributed by atoms with Crippen LogP contribution in [0, 0.1) is 12.7 Å². The lowest BCUT2D eigenvalue weighted by molar-refractivity contribution is 0.106. The second kappa shape index (κ2) is 11.3. The summed E-state index contributed by atoms with van der Waals surface area (Å²) in [6.45, 7) is 7.09. The molecule has 0 unspecified atom stereocenters. The second-order valence-corrected chi connectivity index (χ2v) is 10.7. The Balaban J connectivity index is 1.75. The van der Waals surface area contributed by atoms with Crippen molar-refractivity contribution >= 4 is 36.4 Å².